The smallest absolute Gasteiger partial charge is 0.274 e. The van der Waals surface area contributed by atoms with Gasteiger partial charge in [-0.3, -0.25) is 9.59 Å². The molecule has 0 bridgehead atoms. The highest BCUT2D eigenvalue weighted by Crippen LogP contribution is 2.24. The summed E-state index contributed by atoms with van der Waals surface area (Å²) in [6.07, 6.45) is 2.67. The van der Waals surface area contributed by atoms with Gasteiger partial charge in [0.1, 0.15) is 5.82 Å². The van der Waals surface area contributed by atoms with E-state index in [0.29, 0.717) is 48.9 Å². The van der Waals surface area contributed by atoms with Gasteiger partial charge >= 0.3 is 0 Å². The predicted molar refractivity (Wildman–Crippen MR) is 110 cm³/mol. The van der Waals surface area contributed by atoms with E-state index >= 15 is 0 Å². The Morgan fingerprint density at radius 2 is 1.96 bits per heavy atom. The second-order valence-electron chi connectivity index (χ2n) is 6.68. The maximum absolute atomic E-state index is 13.2. The summed E-state index contributed by atoms with van der Waals surface area (Å²) in [5, 5.41) is 9.72. The number of nitrogens with zero attached hydrogens (tertiary/aromatic N) is 4. The van der Waals surface area contributed by atoms with Gasteiger partial charge in [-0.25, -0.2) is 4.98 Å². The van der Waals surface area contributed by atoms with E-state index in [0.717, 1.165) is 17.8 Å². The lowest BCUT2D eigenvalue weighted by atomic mass is 10.2. The Morgan fingerprint density at radius 1 is 1.29 bits per heavy atom. The summed E-state index contributed by atoms with van der Waals surface area (Å²) in [7, 11) is 3.27. The number of aromatic nitrogens is 2. The van der Waals surface area contributed by atoms with Crippen LogP contribution >= 0.6 is 11.6 Å². The Labute approximate surface area is 170 Å². The van der Waals surface area contributed by atoms with E-state index in [1.54, 1.807) is 31.1 Å². The number of halogens is 1. The molecule has 1 aromatic carbocycles. The number of rotatable bonds is 10. The molecule has 2 rings (SSSR count). The second-order valence-corrected chi connectivity index (χ2v) is 7.12. The molecule has 1 aromatic heterocycles. The Balaban J connectivity index is 2.54. The summed E-state index contributed by atoms with van der Waals surface area (Å²) < 4.78 is 1.87. The minimum Gasteiger partial charge on any atom is -0.396 e. The molecular formula is C20H27ClN4O3. The molecule has 0 aliphatic rings. The Kier molecular flexibility index (Phi) is 8.02. The van der Waals surface area contributed by atoms with E-state index in [-0.39, 0.29) is 12.5 Å². The van der Waals surface area contributed by atoms with E-state index in [9.17, 15) is 9.59 Å². The molecule has 0 aliphatic carbocycles. The highest BCUT2D eigenvalue weighted by atomic mass is 35.5. The first-order valence-electron chi connectivity index (χ1n) is 9.31. The molecule has 1 heterocycles. The number of hydrogen-bond donors (Lipinski definition) is 1. The van der Waals surface area contributed by atoms with Crippen LogP contribution in [0.5, 0.6) is 0 Å². The van der Waals surface area contributed by atoms with Crippen molar-refractivity contribution in [3.63, 3.8) is 0 Å². The number of hydrogen-bond acceptors (Lipinski definition) is 4. The fourth-order valence-corrected chi connectivity index (χ4v) is 3.07. The molecule has 0 radical (unpaired) electrons. The van der Waals surface area contributed by atoms with Gasteiger partial charge in [0, 0.05) is 45.2 Å². The zero-order valence-electron chi connectivity index (χ0n) is 16.6. The predicted octanol–water partition coefficient (Wildman–Crippen LogP) is 2.58. The lowest BCUT2D eigenvalue weighted by Crippen LogP contribution is -2.32. The molecule has 0 spiro atoms. The van der Waals surface area contributed by atoms with Crippen molar-refractivity contribution >= 4 is 29.7 Å². The number of aliphatic hydroxyl groups is 1. The van der Waals surface area contributed by atoms with Crippen LogP contribution in [0.3, 0.4) is 0 Å². The van der Waals surface area contributed by atoms with Gasteiger partial charge in [0.05, 0.1) is 0 Å². The van der Waals surface area contributed by atoms with Crippen LogP contribution in [0.2, 0.25) is 5.02 Å². The number of amides is 2. The topological polar surface area (TPSA) is 78.7 Å². The van der Waals surface area contributed by atoms with Gasteiger partial charge in [-0.1, -0.05) is 30.7 Å². The summed E-state index contributed by atoms with van der Waals surface area (Å²) >= 11 is 5.99. The summed E-state index contributed by atoms with van der Waals surface area (Å²) in [6.45, 7) is 2.90. The zero-order valence-corrected chi connectivity index (χ0v) is 17.3. The van der Waals surface area contributed by atoms with Gasteiger partial charge in [0.15, 0.2) is 11.5 Å². The first-order chi connectivity index (χ1) is 13.4. The summed E-state index contributed by atoms with van der Waals surface area (Å²) in [6, 6.07) is 7.43. The van der Waals surface area contributed by atoms with Crippen molar-refractivity contribution in [1.29, 1.82) is 0 Å². The minimum absolute atomic E-state index is 0.00381. The van der Waals surface area contributed by atoms with Gasteiger partial charge < -0.3 is 19.5 Å². The number of imidazole rings is 1. The molecule has 0 saturated heterocycles. The molecule has 0 aliphatic heterocycles. The van der Waals surface area contributed by atoms with E-state index in [1.165, 1.54) is 4.90 Å². The maximum Gasteiger partial charge on any atom is 0.274 e. The molecule has 0 fully saturated rings. The summed E-state index contributed by atoms with van der Waals surface area (Å²) in [5.74, 6) is 0.856. The molecule has 2 aromatic rings. The molecule has 0 atom stereocenters. The van der Waals surface area contributed by atoms with Gasteiger partial charge in [-0.2, -0.15) is 0 Å². The average molecular weight is 407 g/mol. The highest BCUT2D eigenvalue weighted by molar-refractivity contribution is 6.30. The molecule has 1 N–H and O–H groups in total. The normalized spacial score (nSPS) is 10.8. The third kappa shape index (κ3) is 5.11. The minimum atomic E-state index is -0.235. The number of carbonyl (C=O) groups excluding carboxylic acids is 2. The van der Waals surface area contributed by atoms with Crippen LogP contribution in [0.15, 0.2) is 24.3 Å². The van der Waals surface area contributed by atoms with E-state index in [2.05, 4.69) is 4.98 Å². The third-order valence-electron chi connectivity index (χ3n) is 4.45. The molecule has 2 amide bonds. The largest absolute Gasteiger partial charge is 0.396 e. The van der Waals surface area contributed by atoms with Crippen molar-refractivity contribution in [3.05, 3.63) is 46.4 Å². The van der Waals surface area contributed by atoms with Gasteiger partial charge in [-0.15, -0.1) is 0 Å². The van der Waals surface area contributed by atoms with Crippen LogP contribution in [-0.4, -0.2) is 59.1 Å². The number of aliphatic hydroxyl groups excluding tert-OH is 1. The monoisotopic (exact) mass is 406 g/mol. The van der Waals surface area contributed by atoms with E-state index in [1.807, 2.05) is 23.6 Å². The number of benzene rings is 1. The van der Waals surface area contributed by atoms with Crippen LogP contribution in [0.1, 0.15) is 41.6 Å². The van der Waals surface area contributed by atoms with Crippen LogP contribution in [0, 0.1) is 0 Å². The van der Waals surface area contributed by atoms with Gasteiger partial charge in [-0.05, 0) is 30.5 Å². The SMILES string of the molecule is CCCc1nc(N(C)C=O)c(C(=O)N(C)CCCO)n1Cc1ccc(Cl)cc1. The van der Waals surface area contributed by atoms with Crippen molar-refractivity contribution in [2.45, 2.75) is 32.7 Å². The van der Waals surface area contributed by atoms with Crippen molar-refractivity contribution in [2.75, 3.05) is 32.1 Å². The lowest BCUT2D eigenvalue weighted by Gasteiger charge is -2.20. The average Bonchev–Trinajstić information content (AvgIpc) is 3.04. The van der Waals surface area contributed by atoms with Gasteiger partial charge in [0.2, 0.25) is 6.41 Å². The Hall–Kier alpha value is -2.38. The first kappa shape index (κ1) is 21.9. The molecule has 28 heavy (non-hydrogen) atoms. The molecule has 152 valence electrons. The van der Waals surface area contributed by atoms with Crippen LogP contribution in [0.25, 0.3) is 0 Å². The molecule has 7 nitrogen and oxygen atoms in total. The number of anilines is 1. The Morgan fingerprint density at radius 3 is 2.54 bits per heavy atom. The Bertz CT molecular complexity index is 805. The van der Waals surface area contributed by atoms with Crippen molar-refractivity contribution in [3.8, 4) is 0 Å². The zero-order chi connectivity index (χ0) is 20.7. The molecular weight excluding hydrogens is 380 g/mol. The summed E-state index contributed by atoms with van der Waals surface area (Å²) in [4.78, 5) is 32.1. The number of carbonyl (C=O) groups is 2. The first-order valence-corrected chi connectivity index (χ1v) is 9.69. The molecule has 0 unspecified atom stereocenters. The second kappa shape index (κ2) is 10.2. The maximum atomic E-state index is 13.2. The lowest BCUT2D eigenvalue weighted by molar-refractivity contribution is -0.107. The fraction of sp³-hybridized carbons (Fsp3) is 0.450. The van der Waals surface area contributed by atoms with E-state index < -0.39 is 0 Å². The van der Waals surface area contributed by atoms with Crippen molar-refractivity contribution in [2.24, 2.45) is 0 Å². The quantitative estimate of drug-likeness (QED) is 0.615. The fourth-order valence-electron chi connectivity index (χ4n) is 2.94. The summed E-state index contributed by atoms with van der Waals surface area (Å²) in [5.41, 5.74) is 1.35. The van der Waals surface area contributed by atoms with Crippen LogP contribution in [0.4, 0.5) is 5.82 Å². The van der Waals surface area contributed by atoms with Gasteiger partial charge in [0.25, 0.3) is 5.91 Å². The highest BCUT2D eigenvalue weighted by Gasteiger charge is 2.27. The van der Waals surface area contributed by atoms with Crippen LogP contribution < -0.4 is 4.90 Å². The molecule has 0 saturated carbocycles. The standard InChI is InChI=1S/C20H27ClN4O3/c1-4-6-17-22-19(24(3)14-27)18(20(28)23(2)11-5-12-26)25(17)13-15-7-9-16(21)10-8-15/h7-10,14,26H,4-6,11-13H2,1-3H3. The van der Waals surface area contributed by atoms with Crippen molar-refractivity contribution < 1.29 is 14.7 Å². The van der Waals surface area contributed by atoms with E-state index in [4.69, 9.17) is 16.7 Å². The van der Waals surface area contributed by atoms with Crippen LogP contribution in [-0.2, 0) is 17.8 Å². The third-order valence-corrected chi connectivity index (χ3v) is 4.70. The molecule has 8 heteroatoms. The number of aryl methyl sites for hydroxylation is 1. The van der Waals surface area contributed by atoms with Crippen molar-refractivity contribution in [1.82, 2.24) is 14.5 Å².